The number of hydrogen-bond acceptors (Lipinski definition) is 4. The minimum Gasteiger partial charge on any atom is -0.481 e. The Balaban J connectivity index is 2.01. The van der Waals surface area contributed by atoms with Crippen molar-refractivity contribution in [2.24, 2.45) is 0 Å². The third-order valence-corrected chi connectivity index (χ3v) is 4.06. The molecule has 0 saturated heterocycles. The number of fused-ring (bicyclic) bond motifs is 1. The molecule has 2 aromatic heterocycles. The van der Waals surface area contributed by atoms with Crippen molar-refractivity contribution >= 4 is 28.2 Å². The van der Waals surface area contributed by atoms with Crippen molar-refractivity contribution in [1.82, 2.24) is 14.7 Å². The summed E-state index contributed by atoms with van der Waals surface area (Å²) >= 11 is 1.49. The molecule has 2 heterocycles. The second-order valence-electron chi connectivity index (χ2n) is 5.09. The van der Waals surface area contributed by atoms with E-state index in [0.29, 0.717) is 6.42 Å². The van der Waals surface area contributed by atoms with Gasteiger partial charge in [-0.2, -0.15) is 0 Å². The SMILES string of the molecule is CCCC(CC(=O)O)NC(=O)Cc1csc2nc(C)cn12. The number of nitrogens with zero attached hydrogens (tertiary/aromatic N) is 2. The molecule has 0 bridgehead atoms. The third kappa shape index (κ3) is 4.04. The summed E-state index contributed by atoms with van der Waals surface area (Å²) in [5, 5.41) is 13.6. The van der Waals surface area contributed by atoms with Crippen LogP contribution in [0, 0.1) is 6.92 Å². The first-order chi connectivity index (χ1) is 9.99. The Morgan fingerprint density at radius 3 is 2.95 bits per heavy atom. The van der Waals surface area contributed by atoms with E-state index >= 15 is 0 Å². The zero-order valence-corrected chi connectivity index (χ0v) is 12.9. The highest BCUT2D eigenvalue weighted by Gasteiger charge is 2.17. The zero-order chi connectivity index (χ0) is 15.4. The summed E-state index contributed by atoms with van der Waals surface area (Å²) in [6, 6.07) is -0.307. The maximum Gasteiger partial charge on any atom is 0.305 e. The lowest BCUT2D eigenvalue weighted by Crippen LogP contribution is -2.37. The van der Waals surface area contributed by atoms with E-state index in [1.54, 1.807) is 0 Å². The van der Waals surface area contributed by atoms with E-state index in [4.69, 9.17) is 5.11 Å². The van der Waals surface area contributed by atoms with Crippen LogP contribution in [0.25, 0.3) is 4.96 Å². The Morgan fingerprint density at radius 1 is 1.52 bits per heavy atom. The maximum atomic E-state index is 12.1. The average Bonchev–Trinajstić information content (AvgIpc) is 2.89. The number of amides is 1. The molecule has 0 spiro atoms. The van der Waals surface area contributed by atoms with Gasteiger partial charge in [0.05, 0.1) is 18.5 Å². The standard InChI is InChI=1S/C14H19N3O3S/c1-3-4-10(5-13(19)20)16-12(18)6-11-8-21-14-15-9(2)7-17(11)14/h7-8,10H,3-6H2,1-2H3,(H,16,18)(H,19,20). The Kier molecular flexibility index (Phi) is 4.95. The molecule has 21 heavy (non-hydrogen) atoms. The predicted octanol–water partition coefficient (Wildman–Crippen LogP) is 2.01. The van der Waals surface area contributed by atoms with Gasteiger partial charge >= 0.3 is 5.97 Å². The summed E-state index contributed by atoms with van der Waals surface area (Å²) in [6.45, 7) is 3.88. The average molecular weight is 309 g/mol. The zero-order valence-electron chi connectivity index (χ0n) is 12.1. The Labute approximate surface area is 126 Å². The second-order valence-corrected chi connectivity index (χ2v) is 5.93. The molecule has 2 rings (SSSR count). The van der Waals surface area contributed by atoms with E-state index in [2.05, 4.69) is 10.3 Å². The van der Waals surface area contributed by atoms with E-state index in [1.807, 2.05) is 29.8 Å². The molecule has 0 aliphatic heterocycles. The molecule has 0 aromatic carbocycles. The summed E-state index contributed by atoms with van der Waals surface area (Å²) < 4.78 is 1.91. The van der Waals surface area contributed by atoms with Crippen molar-refractivity contribution in [1.29, 1.82) is 0 Å². The van der Waals surface area contributed by atoms with Gasteiger partial charge < -0.3 is 10.4 Å². The number of aryl methyl sites for hydroxylation is 1. The molecule has 1 unspecified atom stereocenters. The van der Waals surface area contributed by atoms with Crippen molar-refractivity contribution in [3.05, 3.63) is 23.0 Å². The van der Waals surface area contributed by atoms with Crippen LogP contribution >= 0.6 is 11.3 Å². The fourth-order valence-corrected chi connectivity index (χ4v) is 3.22. The van der Waals surface area contributed by atoms with Crippen molar-refractivity contribution in [3.8, 4) is 0 Å². The fourth-order valence-electron chi connectivity index (χ4n) is 2.30. The molecule has 0 radical (unpaired) electrons. The summed E-state index contributed by atoms with van der Waals surface area (Å²) in [7, 11) is 0. The monoisotopic (exact) mass is 309 g/mol. The molecule has 2 aromatic rings. The second kappa shape index (κ2) is 6.71. The van der Waals surface area contributed by atoms with E-state index in [-0.39, 0.29) is 24.8 Å². The number of nitrogens with one attached hydrogen (secondary N) is 1. The third-order valence-electron chi connectivity index (χ3n) is 3.17. The van der Waals surface area contributed by atoms with Crippen LogP contribution in [-0.4, -0.2) is 32.4 Å². The molecule has 0 saturated carbocycles. The lowest BCUT2D eigenvalue weighted by atomic mass is 10.1. The molecule has 0 aliphatic rings. The quantitative estimate of drug-likeness (QED) is 0.819. The van der Waals surface area contributed by atoms with Crippen molar-refractivity contribution < 1.29 is 14.7 Å². The van der Waals surface area contributed by atoms with Crippen molar-refractivity contribution in [3.63, 3.8) is 0 Å². The Hall–Kier alpha value is -1.89. The number of carboxylic acid groups (broad SMARTS) is 1. The van der Waals surface area contributed by atoms with Gasteiger partial charge in [0.15, 0.2) is 4.96 Å². The Bertz CT molecular complexity index is 647. The summed E-state index contributed by atoms with van der Waals surface area (Å²) in [5.41, 5.74) is 1.79. The van der Waals surface area contributed by atoms with Crippen LogP contribution in [0.3, 0.4) is 0 Å². The lowest BCUT2D eigenvalue weighted by molar-refractivity contribution is -0.137. The summed E-state index contributed by atoms with van der Waals surface area (Å²) in [4.78, 5) is 28.1. The number of aliphatic carboxylic acids is 1. The largest absolute Gasteiger partial charge is 0.481 e. The number of rotatable bonds is 7. The van der Waals surface area contributed by atoms with Crippen LogP contribution in [0.5, 0.6) is 0 Å². The highest BCUT2D eigenvalue weighted by Crippen LogP contribution is 2.17. The smallest absolute Gasteiger partial charge is 0.305 e. The van der Waals surface area contributed by atoms with Gasteiger partial charge in [0, 0.05) is 23.3 Å². The lowest BCUT2D eigenvalue weighted by Gasteiger charge is -2.15. The molecule has 1 amide bonds. The number of thiazole rings is 1. The molecule has 1 atom stereocenters. The number of carboxylic acids is 1. The van der Waals surface area contributed by atoms with Crippen LogP contribution < -0.4 is 5.32 Å². The van der Waals surface area contributed by atoms with Gasteiger partial charge in [-0.3, -0.25) is 14.0 Å². The fraction of sp³-hybridized carbons (Fsp3) is 0.500. The van der Waals surface area contributed by atoms with Gasteiger partial charge in [-0.05, 0) is 13.3 Å². The van der Waals surface area contributed by atoms with Gasteiger partial charge in [0.2, 0.25) is 5.91 Å². The highest BCUT2D eigenvalue weighted by molar-refractivity contribution is 7.15. The van der Waals surface area contributed by atoms with E-state index in [0.717, 1.165) is 22.8 Å². The first-order valence-electron chi connectivity index (χ1n) is 6.92. The molecule has 114 valence electrons. The highest BCUT2D eigenvalue weighted by atomic mass is 32.1. The number of aromatic nitrogens is 2. The van der Waals surface area contributed by atoms with E-state index in [9.17, 15) is 9.59 Å². The maximum absolute atomic E-state index is 12.1. The molecule has 6 nitrogen and oxygen atoms in total. The van der Waals surface area contributed by atoms with Crippen molar-refractivity contribution in [2.75, 3.05) is 0 Å². The molecule has 7 heteroatoms. The van der Waals surface area contributed by atoms with Gasteiger partial charge in [-0.1, -0.05) is 13.3 Å². The van der Waals surface area contributed by atoms with Crippen molar-refractivity contribution in [2.45, 2.75) is 45.6 Å². The van der Waals surface area contributed by atoms with Gasteiger partial charge in [0.25, 0.3) is 0 Å². The first kappa shape index (κ1) is 15.5. The number of hydrogen-bond donors (Lipinski definition) is 2. The van der Waals surface area contributed by atoms with Gasteiger partial charge in [-0.15, -0.1) is 11.3 Å². The molecule has 0 aliphatic carbocycles. The van der Waals surface area contributed by atoms with Crippen LogP contribution in [-0.2, 0) is 16.0 Å². The van der Waals surface area contributed by atoms with Crippen LogP contribution in [0.4, 0.5) is 0 Å². The van der Waals surface area contributed by atoms with Crippen LogP contribution in [0.15, 0.2) is 11.6 Å². The first-order valence-corrected chi connectivity index (χ1v) is 7.80. The van der Waals surface area contributed by atoms with Gasteiger partial charge in [-0.25, -0.2) is 4.98 Å². The molecule has 2 N–H and O–H groups in total. The molecular weight excluding hydrogens is 290 g/mol. The summed E-state index contributed by atoms with van der Waals surface area (Å²) in [6.07, 6.45) is 3.59. The number of carbonyl (C=O) groups is 2. The molecular formula is C14H19N3O3S. The minimum absolute atomic E-state index is 0.0389. The normalized spacial score (nSPS) is 12.5. The van der Waals surface area contributed by atoms with Crippen LogP contribution in [0.1, 0.15) is 37.6 Å². The van der Waals surface area contributed by atoms with E-state index in [1.165, 1.54) is 11.3 Å². The summed E-state index contributed by atoms with van der Waals surface area (Å²) in [5.74, 6) is -1.04. The predicted molar refractivity (Wildman–Crippen MR) is 80.6 cm³/mol. The number of imidazole rings is 1. The van der Waals surface area contributed by atoms with Gasteiger partial charge in [0.1, 0.15) is 0 Å². The minimum atomic E-state index is -0.892. The molecule has 0 fully saturated rings. The Morgan fingerprint density at radius 2 is 2.29 bits per heavy atom. The van der Waals surface area contributed by atoms with Crippen LogP contribution in [0.2, 0.25) is 0 Å². The topological polar surface area (TPSA) is 83.7 Å². The van der Waals surface area contributed by atoms with E-state index < -0.39 is 5.97 Å². The number of carbonyl (C=O) groups excluding carboxylic acids is 1.